The minimum absolute atomic E-state index is 0.225. The maximum absolute atomic E-state index is 12.5. The average molecular weight is 347 g/mol. The van der Waals surface area contributed by atoms with Gasteiger partial charge in [0, 0.05) is 37.0 Å². The Balaban J connectivity index is 1.64. The second-order valence-corrected chi connectivity index (χ2v) is 6.21. The SMILES string of the molecule is CC(C)c1ccccc1NC(=O)c1cnc(NCc2cccnc2)nc1. The molecule has 6 nitrogen and oxygen atoms in total. The van der Waals surface area contributed by atoms with Crippen LogP contribution in [0.15, 0.2) is 61.2 Å². The Morgan fingerprint density at radius 3 is 2.50 bits per heavy atom. The normalized spacial score (nSPS) is 10.6. The van der Waals surface area contributed by atoms with Gasteiger partial charge in [0.2, 0.25) is 5.95 Å². The van der Waals surface area contributed by atoms with Crippen molar-refractivity contribution in [2.24, 2.45) is 0 Å². The zero-order valence-corrected chi connectivity index (χ0v) is 14.8. The van der Waals surface area contributed by atoms with E-state index in [2.05, 4.69) is 39.4 Å². The lowest BCUT2D eigenvalue weighted by atomic mass is 10.0. The van der Waals surface area contributed by atoms with Gasteiger partial charge in [0.25, 0.3) is 5.91 Å². The first-order chi connectivity index (χ1) is 12.6. The van der Waals surface area contributed by atoms with Crippen LogP contribution >= 0.6 is 0 Å². The highest BCUT2D eigenvalue weighted by Gasteiger charge is 2.11. The van der Waals surface area contributed by atoms with Gasteiger partial charge in [-0.05, 0) is 29.2 Å². The molecule has 0 atom stereocenters. The predicted octanol–water partition coefficient (Wildman–Crippen LogP) is 3.86. The number of para-hydroxylation sites is 1. The van der Waals surface area contributed by atoms with Crippen molar-refractivity contribution in [2.75, 3.05) is 10.6 Å². The van der Waals surface area contributed by atoms with Crippen LogP contribution in [-0.4, -0.2) is 20.9 Å². The number of aromatic nitrogens is 3. The fourth-order valence-corrected chi connectivity index (χ4v) is 2.53. The van der Waals surface area contributed by atoms with Crippen LogP contribution in [0.3, 0.4) is 0 Å². The lowest BCUT2D eigenvalue weighted by molar-refractivity contribution is 0.102. The smallest absolute Gasteiger partial charge is 0.258 e. The second-order valence-electron chi connectivity index (χ2n) is 6.21. The number of benzene rings is 1. The van der Waals surface area contributed by atoms with E-state index in [4.69, 9.17) is 0 Å². The van der Waals surface area contributed by atoms with Crippen LogP contribution in [0.25, 0.3) is 0 Å². The minimum Gasteiger partial charge on any atom is -0.350 e. The molecule has 0 aliphatic rings. The van der Waals surface area contributed by atoms with Crippen LogP contribution in [0.4, 0.5) is 11.6 Å². The maximum atomic E-state index is 12.5. The van der Waals surface area contributed by atoms with Gasteiger partial charge in [-0.15, -0.1) is 0 Å². The molecule has 6 heteroatoms. The molecule has 3 rings (SSSR count). The molecule has 0 spiro atoms. The Kier molecular flexibility index (Phi) is 5.53. The summed E-state index contributed by atoms with van der Waals surface area (Å²) in [6.07, 6.45) is 6.55. The standard InChI is InChI=1S/C20H21N5O/c1-14(2)17-7-3-4-8-18(17)25-19(26)16-12-23-20(24-13-16)22-11-15-6-5-9-21-10-15/h3-10,12-14H,11H2,1-2H3,(H,25,26)(H,22,23,24). The lowest BCUT2D eigenvalue weighted by Gasteiger charge is -2.13. The number of hydrogen-bond donors (Lipinski definition) is 2. The van der Waals surface area contributed by atoms with E-state index in [1.165, 1.54) is 12.4 Å². The number of pyridine rings is 1. The second kappa shape index (κ2) is 8.20. The van der Waals surface area contributed by atoms with Crippen molar-refractivity contribution in [1.82, 2.24) is 15.0 Å². The maximum Gasteiger partial charge on any atom is 0.258 e. The first kappa shape index (κ1) is 17.5. The van der Waals surface area contributed by atoms with Crippen molar-refractivity contribution in [1.29, 1.82) is 0 Å². The highest BCUT2D eigenvalue weighted by atomic mass is 16.1. The monoisotopic (exact) mass is 347 g/mol. The van der Waals surface area contributed by atoms with Crippen molar-refractivity contribution >= 4 is 17.5 Å². The number of amides is 1. The first-order valence-corrected chi connectivity index (χ1v) is 8.48. The van der Waals surface area contributed by atoms with Crippen LogP contribution < -0.4 is 10.6 Å². The molecule has 26 heavy (non-hydrogen) atoms. The van der Waals surface area contributed by atoms with E-state index in [1.807, 2.05) is 36.4 Å². The molecule has 0 aliphatic heterocycles. The predicted molar refractivity (Wildman–Crippen MR) is 102 cm³/mol. The molecule has 0 radical (unpaired) electrons. The summed E-state index contributed by atoms with van der Waals surface area (Å²) in [6, 6.07) is 11.6. The summed E-state index contributed by atoms with van der Waals surface area (Å²) in [6.45, 7) is 4.76. The van der Waals surface area contributed by atoms with E-state index in [0.717, 1.165) is 16.8 Å². The topological polar surface area (TPSA) is 79.8 Å². The van der Waals surface area contributed by atoms with E-state index in [0.29, 0.717) is 24.0 Å². The molecular formula is C20H21N5O. The number of nitrogens with one attached hydrogen (secondary N) is 2. The van der Waals surface area contributed by atoms with E-state index < -0.39 is 0 Å². The summed E-state index contributed by atoms with van der Waals surface area (Å²) < 4.78 is 0. The third kappa shape index (κ3) is 4.42. The van der Waals surface area contributed by atoms with Crippen LogP contribution in [0.5, 0.6) is 0 Å². The molecule has 0 unspecified atom stereocenters. The highest BCUT2D eigenvalue weighted by molar-refractivity contribution is 6.04. The van der Waals surface area contributed by atoms with Gasteiger partial charge in [0.15, 0.2) is 0 Å². The number of carbonyl (C=O) groups excluding carboxylic acids is 1. The molecule has 0 bridgehead atoms. The van der Waals surface area contributed by atoms with Crippen LogP contribution in [0.2, 0.25) is 0 Å². The molecular weight excluding hydrogens is 326 g/mol. The van der Waals surface area contributed by atoms with E-state index in [1.54, 1.807) is 12.4 Å². The van der Waals surface area contributed by atoms with Gasteiger partial charge in [-0.25, -0.2) is 9.97 Å². The zero-order chi connectivity index (χ0) is 18.4. The van der Waals surface area contributed by atoms with Crippen molar-refractivity contribution in [3.8, 4) is 0 Å². The molecule has 1 aromatic carbocycles. The first-order valence-electron chi connectivity index (χ1n) is 8.48. The molecule has 3 aromatic rings. The Morgan fingerprint density at radius 1 is 1.04 bits per heavy atom. The summed E-state index contributed by atoms with van der Waals surface area (Å²) in [5, 5.41) is 6.04. The van der Waals surface area contributed by atoms with Crippen LogP contribution in [0, 0.1) is 0 Å². The molecule has 2 heterocycles. The van der Waals surface area contributed by atoms with Crippen molar-refractivity contribution < 1.29 is 4.79 Å². The summed E-state index contributed by atoms with van der Waals surface area (Å²) >= 11 is 0. The third-order valence-electron chi connectivity index (χ3n) is 3.92. The average Bonchev–Trinajstić information content (AvgIpc) is 2.68. The number of nitrogens with zero attached hydrogens (tertiary/aromatic N) is 3. The summed E-state index contributed by atoms with van der Waals surface area (Å²) in [4.78, 5) is 24.9. The van der Waals surface area contributed by atoms with Crippen LogP contribution in [-0.2, 0) is 6.54 Å². The summed E-state index contributed by atoms with van der Waals surface area (Å²) in [7, 11) is 0. The fraction of sp³-hybridized carbons (Fsp3) is 0.200. The third-order valence-corrected chi connectivity index (χ3v) is 3.92. The van der Waals surface area contributed by atoms with Gasteiger partial charge in [-0.2, -0.15) is 0 Å². The Bertz CT molecular complexity index is 863. The molecule has 1 amide bonds. The quantitative estimate of drug-likeness (QED) is 0.708. The fourth-order valence-electron chi connectivity index (χ4n) is 2.53. The summed E-state index contributed by atoms with van der Waals surface area (Å²) in [5.41, 5.74) is 3.35. The molecule has 0 saturated heterocycles. The van der Waals surface area contributed by atoms with Gasteiger partial charge in [0.1, 0.15) is 0 Å². The molecule has 0 fully saturated rings. The molecule has 132 valence electrons. The number of carbonyl (C=O) groups is 1. The van der Waals surface area contributed by atoms with E-state index in [9.17, 15) is 4.79 Å². The minimum atomic E-state index is -0.225. The van der Waals surface area contributed by atoms with E-state index >= 15 is 0 Å². The highest BCUT2D eigenvalue weighted by Crippen LogP contribution is 2.24. The van der Waals surface area contributed by atoms with Crippen molar-refractivity contribution in [3.63, 3.8) is 0 Å². The molecule has 0 saturated carbocycles. The number of hydrogen-bond acceptors (Lipinski definition) is 5. The molecule has 2 aromatic heterocycles. The van der Waals surface area contributed by atoms with E-state index in [-0.39, 0.29) is 5.91 Å². The van der Waals surface area contributed by atoms with Gasteiger partial charge in [0.05, 0.1) is 5.56 Å². The largest absolute Gasteiger partial charge is 0.350 e. The van der Waals surface area contributed by atoms with Gasteiger partial charge < -0.3 is 10.6 Å². The lowest BCUT2D eigenvalue weighted by Crippen LogP contribution is -2.15. The van der Waals surface area contributed by atoms with Gasteiger partial charge in [-0.3, -0.25) is 9.78 Å². The Labute approximate surface area is 152 Å². The summed E-state index contributed by atoms with van der Waals surface area (Å²) in [5.74, 6) is 0.562. The van der Waals surface area contributed by atoms with Crippen LogP contribution in [0.1, 0.15) is 41.3 Å². The Morgan fingerprint density at radius 2 is 1.81 bits per heavy atom. The van der Waals surface area contributed by atoms with Crippen molar-refractivity contribution in [3.05, 3.63) is 77.9 Å². The molecule has 0 aliphatic carbocycles. The number of anilines is 2. The number of rotatable bonds is 6. The van der Waals surface area contributed by atoms with Gasteiger partial charge in [-0.1, -0.05) is 38.1 Å². The molecule has 2 N–H and O–H groups in total. The van der Waals surface area contributed by atoms with Gasteiger partial charge >= 0.3 is 0 Å². The van der Waals surface area contributed by atoms with Crippen molar-refractivity contribution in [2.45, 2.75) is 26.3 Å². The Hall–Kier alpha value is -3.28. The zero-order valence-electron chi connectivity index (χ0n) is 14.8.